The summed E-state index contributed by atoms with van der Waals surface area (Å²) in [6.07, 6.45) is 0. The number of rotatable bonds is 6. The van der Waals surface area contributed by atoms with Crippen LogP contribution in [-0.4, -0.2) is 27.3 Å². The van der Waals surface area contributed by atoms with Gasteiger partial charge in [0.15, 0.2) is 0 Å². The highest BCUT2D eigenvalue weighted by Gasteiger charge is 2.11. The zero-order chi connectivity index (χ0) is 15.9. The summed E-state index contributed by atoms with van der Waals surface area (Å²) in [6, 6.07) is 12.1. The fourth-order valence-electron chi connectivity index (χ4n) is 1.95. The van der Waals surface area contributed by atoms with E-state index in [1.165, 1.54) is 0 Å². The topological polar surface area (TPSA) is 54.0 Å². The highest BCUT2D eigenvalue weighted by molar-refractivity contribution is 5.89. The van der Waals surface area contributed by atoms with Crippen molar-refractivity contribution in [2.24, 2.45) is 0 Å². The number of esters is 1. The fraction of sp³-hybridized carbons (Fsp3) is 0.235. The van der Waals surface area contributed by atoms with E-state index in [2.05, 4.69) is 0 Å². The Kier molecular flexibility index (Phi) is 5.25. The Morgan fingerprint density at radius 2 is 1.50 bits per heavy atom. The van der Waals surface area contributed by atoms with Gasteiger partial charge >= 0.3 is 5.97 Å². The van der Waals surface area contributed by atoms with Crippen LogP contribution >= 0.6 is 0 Å². The quantitative estimate of drug-likeness (QED) is 0.768. The van der Waals surface area contributed by atoms with E-state index in [9.17, 15) is 4.79 Å². The highest BCUT2D eigenvalue weighted by atomic mass is 16.5. The van der Waals surface area contributed by atoms with Crippen molar-refractivity contribution < 1.29 is 23.7 Å². The van der Waals surface area contributed by atoms with Gasteiger partial charge in [0, 0.05) is 5.56 Å². The highest BCUT2D eigenvalue weighted by Crippen LogP contribution is 2.25. The number of hydrogen-bond donors (Lipinski definition) is 0. The second kappa shape index (κ2) is 7.36. The molecule has 116 valence electrons. The van der Waals surface area contributed by atoms with E-state index in [0.717, 1.165) is 5.56 Å². The minimum atomic E-state index is -0.410. The molecular formula is C17H18O5. The molecule has 0 atom stereocenters. The number of benzene rings is 2. The lowest BCUT2D eigenvalue weighted by molar-refractivity contribution is 0.0470. The molecule has 0 radical (unpaired) electrons. The normalized spacial score (nSPS) is 9.95. The molecule has 0 aliphatic rings. The van der Waals surface area contributed by atoms with E-state index in [-0.39, 0.29) is 6.61 Å². The molecule has 0 unspecified atom stereocenters. The molecule has 0 spiro atoms. The fourth-order valence-corrected chi connectivity index (χ4v) is 1.95. The molecule has 22 heavy (non-hydrogen) atoms. The molecule has 0 N–H and O–H groups in total. The van der Waals surface area contributed by atoms with Gasteiger partial charge < -0.3 is 18.9 Å². The molecule has 0 saturated heterocycles. The van der Waals surface area contributed by atoms with Gasteiger partial charge in [-0.3, -0.25) is 0 Å². The summed E-state index contributed by atoms with van der Waals surface area (Å²) in [5.74, 6) is 1.60. The Balaban J connectivity index is 2.06. The molecule has 2 aromatic rings. The third-order valence-electron chi connectivity index (χ3n) is 3.17. The third kappa shape index (κ3) is 3.69. The van der Waals surface area contributed by atoms with Crippen LogP contribution in [0.3, 0.4) is 0 Å². The third-order valence-corrected chi connectivity index (χ3v) is 3.17. The van der Waals surface area contributed by atoms with E-state index in [4.69, 9.17) is 18.9 Å². The van der Waals surface area contributed by atoms with Crippen molar-refractivity contribution in [3.05, 3.63) is 53.6 Å². The van der Waals surface area contributed by atoms with Crippen molar-refractivity contribution in [3.63, 3.8) is 0 Å². The maximum absolute atomic E-state index is 12.0. The molecule has 5 nitrogen and oxygen atoms in total. The van der Waals surface area contributed by atoms with Crippen LogP contribution in [0.15, 0.2) is 42.5 Å². The van der Waals surface area contributed by atoms with Gasteiger partial charge in [0.2, 0.25) is 0 Å². The first-order valence-electron chi connectivity index (χ1n) is 6.70. The van der Waals surface area contributed by atoms with Crippen LogP contribution in [0.4, 0.5) is 0 Å². The summed E-state index contributed by atoms with van der Waals surface area (Å²) >= 11 is 0. The van der Waals surface area contributed by atoms with Crippen LogP contribution in [0.25, 0.3) is 0 Å². The average Bonchev–Trinajstić information content (AvgIpc) is 2.59. The number of hydrogen-bond acceptors (Lipinski definition) is 5. The Bertz CT molecular complexity index is 634. The van der Waals surface area contributed by atoms with Gasteiger partial charge in [0.05, 0.1) is 26.9 Å². The minimum absolute atomic E-state index is 0.102. The summed E-state index contributed by atoms with van der Waals surface area (Å²) in [6.45, 7) is 0.102. The van der Waals surface area contributed by atoms with Gasteiger partial charge in [-0.1, -0.05) is 0 Å². The largest absolute Gasteiger partial charge is 0.497 e. The molecule has 0 saturated carbocycles. The van der Waals surface area contributed by atoms with Crippen LogP contribution in [0, 0.1) is 0 Å². The first-order valence-corrected chi connectivity index (χ1v) is 6.70. The molecule has 2 aromatic carbocycles. The van der Waals surface area contributed by atoms with Gasteiger partial charge in [-0.2, -0.15) is 0 Å². The second-order valence-corrected chi connectivity index (χ2v) is 4.48. The van der Waals surface area contributed by atoms with Crippen LogP contribution in [0.5, 0.6) is 17.2 Å². The first kappa shape index (κ1) is 15.7. The van der Waals surface area contributed by atoms with Gasteiger partial charge in [-0.25, -0.2) is 4.79 Å². The predicted molar refractivity (Wildman–Crippen MR) is 81.7 cm³/mol. The number of carbonyl (C=O) groups is 1. The number of methoxy groups -OCH3 is 3. The van der Waals surface area contributed by atoms with Crippen molar-refractivity contribution in [1.82, 2.24) is 0 Å². The lowest BCUT2D eigenvalue weighted by Gasteiger charge is -2.11. The summed E-state index contributed by atoms with van der Waals surface area (Å²) in [5.41, 5.74) is 1.20. The van der Waals surface area contributed by atoms with Crippen LogP contribution < -0.4 is 14.2 Å². The zero-order valence-corrected chi connectivity index (χ0v) is 12.8. The SMILES string of the molecule is COc1ccc(C(=O)OCc2cc(OC)ccc2OC)cc1. The summed E-state index contributed by atoms with van der Waals surface area (Å²) in [5, 5.41) is 0. The lowest BCUT2D eigenvalue weighted by Crippen LogP contribution is -2.06. The van der Waals surface area contributed by atoms with E-state index >= 15 is 0 Å². The maximum atomic E-state index is 12.0. The van der Waals surface area contributed by atoms with E-state index in [0.29, 0.717) is 22.8 Å². The van der Waals surface area contributed by atoms with Crippen molar-refractivity contribution >= 4 is 5.97 Å². The smallest absolute Gasteiger partial charge is 0.338 e. The summed E-state index contributed by atoms with van der Waals surface area (Å²) < 4.78 is 20.8. The molecule has 0 amide bonds. The van der Waals surface area contributed by atoms with Crippen molar-refractivity contribution in [2.75, 3.05) is 21.3 Å². The molecule has 0 heterocycles. The average molecular weight is 302 g/mol. The molecule has 0 aliphatic carbocycles. The number of ether oxygens (including phenoxy) is 4. The molecule has 5 heteroatoms. The van der Waals surface area contributed by atoms with Crippen LogP contribution in [-0.2, 0) is 11.3 Å². The first-order chi connectivity index (χ1) is 10.7. The Morgan fingerprint density at radius 3 is 2.09 bits per heavy atom. The minimum Gasteiger partial charge on any atom is -0.497 e. The lowest BCUT2D eigenvalue weighted by atomic mass is 10.2. The standard InChI is InChI=1S/C17H18O5/c1-19-14-6-4-12(5-7-14)17(18)22-11-13-10-15(20-2)8-9-16(13)21-3/h4-10H,11H2,1-3H3. The molecule has 0 aliphatic heterocycles. The van der Waals surface area contributed by atoms with E-state index in [1.54, 1.807) is 63.8 Å². The van der Waals surface area contributed by atoms with Gasteiger partial charge in [0.1, 0.15) is 23.9 Å². The molecule has 0 bridgehead atoms. The van der Waals surface area contributed by atoms with Crippen molar-refractivity contribution in [1.29, 1.82) is 0 Å². The van der Waals surface area contributed by atoms with Crippen molar-refractivity contribution in [2.45, 2.75) is 6.61 Å². The molecule has 2 rings (SSSR count). The van der Waals surface area contributed by atoms with E-state index in [1.807, 2.05) is 0 Å². The second-order valence-electron chi connectivity index (χ2n) is 4.48. The predicted octanol–water partition coefficient (Wildman–Crippen LogP) is 3.07. The summed E-state index contributed by atoms with van der Waals surface area (Å²) in [4.78, 5) is 12.0. The summed E-state index contributed by atoms with van der Waals surface area (Å²) in [7, 11) is 4.72. The van der Waals surface area contributed by atoms with Gasteiger partial charge in [-0.15, -0.1) is 0 Å². The number of carbonyl (C=O) groups excluding carboxylic acids is 1. The van der Waals surface area contributed by atoms with E-state index < -0.39 is 5.97 Å². The van der Waals surface area contributed by atoms with Crippen molar-refractivity contribution in [3.8, 4) is 17.2 Å². The maximum Gasteiger partial charge on any atom is 0.338 e. The molecular weight excluding hydrogens is 284 g/mol. The van der Waals surface area contributed by atoms with Gasteiger partial charge in [0.25, 0.3) is 0 Å². The Hall–Kier alpha value is -2.69. The Morgan fingerprint density at radius 1 is 0.864 bits per heavy atom. The molecule has 0 fully saturated rings. The van der Waals surface area contributed by atoms with Gasteiger partial charge in [-0.05, 0) is 42.5 Å². The van der Waals surface area contributed by atoms with Crippen LogP contribution in [0.1, 0.15) is 15.9 Å². The monoisotopic (exact) mass is 302 g/mol. The van der Waals surface area contributed by atoms with Crippen LogP contribution in [0.2, 0.25) is 0 Å². The zero-order valence-electron chi connectivity index (χ0n) is 12.8. The molecule has 0 aromatic heterocycles. The Labute approximate surface area is 129 Å².